The van der Waals surface area contributed by atoms with Crippen LogP contribution in [0.2, 0.25) is 0 Å². The Bertz CT molecular complexity index is 519. The number of hydrogen-bond donors (Lipinski definition) is 1. The van der Waals surface area contributed by atoms with Crippen LogP contribution in [0.4, 0.5) is 0 Å². The van der Waals surface area contributed by atoms with Crippen LogP contribution >= 0.6 is 0 Å². The summed E-state index contributed by atoms with van der Waals surface area (Å²) < 4.78 is 10.4. The van der Waals surface area contributed by atoms with E-state index in [0.29, 0.717) is 29.6 Å². The molecule has 0 radical (unpaired) electrons. The summed E-state index contributed by atoms with van der Waals surface area (Å²) in [6, 6.07) is 5.91. The summed E-state index contributed by atoms with van der Waals surface area (Å²) >= 11 is 0. The van der Waals surface area contributed by atoms with Crippen molar-refractivity contribution in [1.29, 1.82) is 0 Å². The normalized spacial score (nSPS) is 18.5. The van der Waals surface area contributed by atoms with Gasteiger partial charge in [-0.05, 0) is 50.9 Å². The molecule has 1 aromatic carbocycles. The molecule has 0 aliphatic carbocycles. The number of hydrogen-bond acceptors (Lipinski definition) is 4. The van der Waals surface area contributed by atoms with Crippen molar-refractivity contribution in [3.63, 3.8) is 0 Å². The van der Waals surface area contributed by atoms with Gasteiger partial charge in [-0.1, -0.05) is 6.42 Å². The van der Waals surface area contributed by atoms with Crippen LogP contribution in [0.25, 0.3) is 0 Å². The average molecular weight is 320 g/mol. The number of nitrogens with one attached hydrogen (secondary N) is 1. The molecule has 1 unspecified atom stereocenters. The van der Waals surface area contributed by atoms with Gasteiger partial charge >= 0.3 is 0 Å². The highest BCUT2D eigenvalue weighted by Gasteiger charge is 2.18. The number of amides is 1. The lowest BCUT2D eigenvalue weighted by Gasteiger charge is -2.33. The summed E-state index contributed by atoms with van der Waals surface area (Å²) in [5.41, 5.74) is 0.512. The highest BCUT2D eigenvalue weighted by atomic mass is 16.5. The topological polar surface area (TPSA) is 50.8 Å². The molecule has 0 aromatic heterocycles. The first-order valence-corrected chi connectivity index (χ1v) is 8.40. The van der Waals surface area contributed by atoms with Crippen LogP contribution in [0.3, 0.4) is 0 Å². The molecule has 1 N–H and O–H groups in total. The van der Waals surface area contributed by atoms with E-state index in [4.69, 9.17) is 9.47 Å². The van der Waals surface area contributed by atoms with Crippen molar-refractivity contribution in [1.82, 2.24) is 10.2 Å². The van der Waals surface area contributed by atoms with Gasteiger partial charge in [0.2, 0.25) is 0 Å². The Morgan fingerprint density at radius 2 is 2.13 bits per heavy atom. The van der Waals surface area contributed by atoms with Crippen molar-refractivity contribution >= 4 is 5.91 Å². The molecular weight excluding hydrogens is 292 g/mol. The second-order valence-corrected chi connectivity index (χ2v) is 6.06. The van der Waals surface area contributed by atoms with Crippen LogP contribution in [0.5, 0.6) is 11.5 Å². The van der Waals surface area contributed by atoms with Crippen molar-refractivity contribution in [2.24, 2.45) is 0 Å². The van der Waals surface area contributed by atoms with E-state index in [0.717, 1.165) is 13.0 Å². The molecular formula is C18H28N2O3. The molecule has 1 aliphatic rings. The third-order valence-electron chi connectivity index (χ3n) is 4.50. The number of likely N-dealkylation sites (tertiary alicyclic amines) is 1. The van der Waals surface area contributed by atoms with Gasteiger partial charge in [-0.25, -0.2) is 0 Å². The Hall–Kier alpha value is -1.75. The van der Waals surface area contributed by atoms with Crippen LogP contribution in [0, 0.1) is 0 Å². The van der Waals surface area contributed by atoms with Crippen molar-refractivity contribution in [3.8, 4) is 11.5 Å². The number of methoxy groups -OCH3 is 2. The molecule has 5 nitrogen and oxygen atoms in total. The highest BCUT2D eigenvalue weighted by Crippen LogP contribution is 2.23. The monoisotopic (exact) mass is 320 g/mol. The Morgan fingerprint density at radius 1 is 1.30 bits per heavy atom. The Labute approximate surface area is 139 Å². The molecule has 2 rings (SSSR count). The summed E-state index contributed by atoms with van der Waals surface area (Å²) in [5, 5.41) is 2.98. The highest BCUT2D eigenvalue weighted by molar-refractivity contribution is 5.97. The number of carbonyl (C=O) groups is 1. The largest absolute Gasteiger partial charge is 0.497 e. The number of piperidine rings is 1. The fourth-order valence-corrected chi connectivity index (χ4v) is 3.06. The summed E-state index contributed by atoms with van der Waals surface area (Å²) in [7, 11) is 3.15. The van der Waals surface area contributed by atoms with Crippen LogP contribution in [-0.2, 0) is 0 Å². The number of benzene rings is 1. The molecule has 23 heavy (non-hydrogen) atoms. The number of rotatable bonds is 7. The minimum atomic E-state index is -0.118. The van der Waals surface area contributed by atoms with Gasteiger partial charge in [-0.3, -0.25) is 4.79 Å². The van der Waals surface area contributed by atoms with Crippen molar-refractivity contribution in [2.45, 2.75) is 38.6 Å². The third-order valence-corrected chi connectivity index (χ3v) is 4.50. The molecule has 128 valence electrons. The first-order chi connectivity index (χ1) is 11.2. The second-order valence-electron chi connectivity index (χ2n) is 6.06. The van der Waals surface area contributed by atoms with E-state index in [1.165, 1.54) is 25.8 Å². The van der Waals surface area contributed by atoms with E-state index in [9.17, 15) is 4.79 Å². The van der Waals surface area contributed by atoms with Crippen LogP contribution in [0.15, 0.2) is 18.2 Å². The fraction of sp³-hybridized carbons (Fsp3) is 0.611. The Balaban J connectivity index is 1.82. The van der Waals surface area contributed by atoms with Crippen LogP contribution < -0.4 is 14.8 Å². The maximum Gasteiger partial charge on any atom is 0.255 e. The number of nitrogens with zero attached hydrogens (tertiary/aromatic N) is 1. The van der Waals surface area contributed by atoms with Crippen LogP contribution in [0.1, 0.15) is 43.0 Å². The van der Waals surface area contributed by atoms with Crippen molar-refractivity contribution < 1.29 is 14.3 Å². The van der Waals surface area contributed by atoms with Gasteiger partial charge in [0, 0.05) is 19.1 Å². The lowest BCUT2D eigenvalue weighted by atomic mass is 10.0. The molecule has 5 heteroatoms. The number of carbonyl (C=O) groups excluding carboxylic acids is 1. The molecule has 1 fully saturated rings. The Kier molecular flexibility index (Phi) is 6.71. The van der Waals surface area contributed by atoms with E-state index in [2.05, 4.69) is 17.1 Å². The van der Waals surface area contributed by atoms with E-state index in [1.54, 1.807) is 32.4 Å². The van der Waals surface area contributed by atoms with E-state index < -0.39 is 0 Å². The molecule has 0 bridgehead atoms. The first kappa shape index (κ1) is 17.6. The third kappa shape index (κ3) is 4.86. The summed E-state index contributed by atoms with van der Waals surface area (Å²) in [6.45, 7) is 5.18. The molecule has 0 spiro atoms. The van der Waals surface area contributed by atoms with Crippen molar-refractivity contribution in [3.05, 3.63) is 23.8 Å². The first-order valence-electron chi connectivity index (χ1n) is 8.40. The Morgan fingerprint density at radius 3 is 2.83 bits per heavy atom. The van der Waals surface area contributed by atoms with Crippen LogP contribution in [-0.4, -0.2) is 50.7 Å². The zero-order valence-electron chi connectivity index (χ0n) is 14.4. The van der Waals surface area contributed by atoms with Gasteiger partial charge in [-0.2, -0.15) is 0 Å². The molecule has 1 heterocycles. The lowest BCUT2D eigenvalue weighted by Crippen LogP contribution is -2.39. The van der Waals surface area contributed by atoms with Gasteiger partial charge in [0.05, 0.1) is 19.8 Å². The van der Waals surface area contributed by atoms with Gasteiger partial charge < -0.3 is 19.7 Å². The van der Waals surface area contributed by atoms with Gasteiger partial charge in [0.15, 0.2) is 0 Å². The quantitative estimate of drug-likeness (QED) is 0.785. The SMILES string of the molecule is COc1ccc(OC)c(C(=O)NCCCN2CCCCC2C)c1. The summed E-state index contributed by atoms with van der Waals surface area (Å²) in [4.78, 5) is 14.9. The molecule has 1 atom stereocenters. The summed E-state index contributed by atoms with van der Waals surface area (Å²) in [5.74, 6) is 1.10. The maximum atomic E-state index is 12.3. The second kappa shape index (κ2) is 8.77. The van der Waals surface area contributed by atoms with E-state index in [1.807, 2.05) is 0 Å². The van der Waals surface area contributed by atoms with Gasteiger partial charge in [-0.15, -0.1) is 0 Å². The molecule has 0 saturated carbocycles. The molecule has 1 saturated heterocycles. The van der Waals surface area contributed by atoms with E-state index >= 15 is 0 Å². The number of ether oxygens (including phenoxy) is 2. The molecule has 1 aromatic rings. The predicted molar refractivity (Wildman–Crippen MR) is 91.4 cm³/mol. The fourth-order valence-electron chi connectivity index (χ4n) is 3.06. The standard InChI is InChI=1S/C18H28N2O3/c1-14-7-4-5-11-20(14)12-6-10-19-18(21)16-13-15(22-2)8-9-17(16)23-3/h8-9,13-14H,4-7,10-12H2,1-3H3,(H,19,21). The minimum Gasteiger partial charge on any atom is -0.497 e. The smallest absolute Gasteiger partial charge is 0.255 e. The van der Waals surface area contributed by atoms with Gasteiger partial charge in [0.25, 0.3) is 5.91 Å². The van der Waals surface area contributed by atoms with Crippen molar-refractivity contribution in [2.75, 3.05) is 33.9 Å². The lowest BCUT2D eigenvalue weighted by molar-refractivity contribution is 0.0945. The summed E-state index contributed by atoms with van der Waals surface area (Å²) in [6.07, 6.45) is 4.87. The predicted octanol–water partition coefficient (Wildman–Crippen LogP) is 2.70. The molecule has 1 amide bonds. The average Bonchev–Trinajstić information content (AvgIpc) is 2.59. The van der Waals surface area contributed by atoms with E-state index in [-0.39, 0.29) is 5.91 Å². The maximum absolute atomic E-state index is 12.3. The van der Waals surface area contributed by atoms with Gasteiger partial charge in [0.1, 0.15) is 11.5 Å². The minimum absolute atomic E-state index is 0.118. The molecule has 1 aliphatic heterocycles. The zero-order chi connectivity index (χ0) is 16.7. The zero-order valence-corrected chi connectivity index (χ0v) is 14.4.